The highest BCUT2D eigenvalue weighted by Crippen LogP contribution is 2.36. The van der Waals surface area contributed by atoms with Crippen molar-refractivity contribution in [3.63, 3.8) is 0 Å². The van der Waals surface area contributed by atoms with E-state index in [-0.39, 0.29) is 5.91 Å². The molecule has 1 N–H and O–H groups in total. The highest BCUT2D eigenvalue weighted by atomic mass is 35.5. The van der Waals surface area contributed by atoms with Crippen LogP contribution in [0.25, 0.3) is 21.0 Å². The average molecular weight is 349 g/mol. The van der Waals surface area contributed by atoms with Gasteiger partial charge in [-0.05, 0) is 31.5 Å². The lowest BCUT2D eigenvalue weighted by atomic mass is 10.1. The van der Waals surface area contributed by atoms with Crippen molar-refractivity contribution in [3.05, 3.63) is 39.9 Å². The van der Waals surface area contributed by atoms with Crippen molar-refractivity contribution in [2.45, 2.75) is 13.3 Å². The van der Waals surface area contributed by atoms with Gasteiger partial charge in [-0.1, -0.05) is 23.2 Å². The van der Waals surface area contributed by atoms with Gasteiger partial charge in [-0.3, -0.25) is 4.79 Å². The van der Waals surface area contributed by atoms with E-state index in [1.165, 1.54) is 11.3 Å². The van der Waals surface area contributed by atoms with Crippen LogP contribution in [-0.4, -0.2) is 31.2 Å². The first-order valence-corrected chi connectivity index (χ1v) is 8.56. The lowest BCUT2D eigenvalue weighted by Crippen LogP contribution is -2.24. The molecule has 2 heterocycles. The first-order chi connectivity index (χ1) is 11.1. The molecule has 0 unspecified atom stereocenters. The Morgan fingerprint density at radius 2 is 2.17 bits per heavy atom. The fraction of sp³-hybridized carbons (Fsp3) is 0.294. The zero-order valence-electron chi connectivity index (χ0n) is 13.0. The summed E-state index contributed by atoms with van der Waals surface area (Å²) in [6.07, 6.45) is 0.789. The van der Waals surface area contributed by atoms with Crippen LogP contribution < -0.4 is 5.32 Å². The minimum absolute atomic E-state index is 0.0841. The predicted molar refractivity (Wildman–Crippen MR) is 95.7 cm³/mol. The summed E-state index contributed by atoms with van der Waals surface area (Å²) in [4.78, 5) is 17.4. The minimum Gasteiger partial charge on any atom is -0.385 e. The maximum Gasteiger partial charge on any atom is 0.261 e. The number of nitrogens with one attached hydrogen (secondary N) is 1. The van der Waals surface area contributed by atoms with E-state index in [1.807, 2.05) is 25.1 Å². The molecule has 0 saturated carbocycles. The summed E-state index contributed by atoms with van der Waals surface area (Å²) in [6, 6.07) is 7.87. The molecule has 0 aliphatic heterocycles. The van der Waals surface area contributed by atoms with Gasteiger partial charge in [0.2, 0.25) is 0 Å². The first-order valence-electron chi connectivity index (χ1n) is 7.36. The Bertz CT molecular complexity index is 876. The maximum atomic E-state index is 12.3. The largest absolute Gasteiger partial charge is 0.385 e. The number of nitrogens with zero attached hydrogens (tertiary/aromatic N) is 1. The number of benzene rings is 1. The van der Waals surface area contributed by atoms with Crippen molar-refractivity contribution in [2.24, 2.45) is 0 Å². The summed E-state index contributed by atoms with van der Waals surface area (Å²) in [6.45, 7) is 3.26. The standard InChI is InChI=1S/C17H17ClN2O2S/c1-10-4-5-13-11(8-10)15-12(16(18)20-13)9-14(23-15)17(21)19-6-3-7-22-2/h4-5,8-9H,3,6-7H2,1-2H3,(H,19,21). The van der Waals surface area contributed by atoms with Gasteiger partial charge in [0.05, 0.1) is 10.4 Å². The highest BCUT2D eigenvalue weighted by Gasteiger charge is 2.15. The van der Waals surface area contributed by atoms with Crippen LogP contribution in [0, 0.1) is 6.92 Å². The molecule has 0 saturated heterocycles. The second-order valence-electron chi connectivity index (χ2n) is 5.38. The Morgan fingerprint density at radius 3 is 2.96 bits per heavy atom. The normalized spacial score (nSPS) is 11.3. The van der Waals surface area contributed by atoms with Crippen LogP contribution in [0.15, 0.2) is 24.3 Å². The summed E-state index contributed by atoms with van der Waals surface area (Å²) in [5.41, 5.74) is 2.00. The topological polar surface area (TPSA) is 51.2 Å². The molecule has 120 valence electrons. The van der Waals surface area contributed by atoms with Crippen molar-refractivity contribution in [2.75, 3.05) is 20.3 Å². The number of aryl methyl sites for hydroxylation is 1. The van der Waals surface area contributed by atoms with E-state index >= 15 is 0 Å². The lowest BCUT2D eigenvalue weighted by Gasteiger charge is -2.02. The fourth-order valence-corrected chi connectivity index (χ4v) is 3.85. The second kappa shape index (κ2) is 6.83. The van der Waals surface area contributed by atoms with E-state index in [0.717, 1.165) is 33.0 Å². The van der Waals surface area contributed by atoms with Gasteiger partial charge in [-0.15, -0.1) is 11.3 Å². The number of carbonyl (C=O) groups excluding carboxylic acids is 1. The Balaban J connectivity index is 1.97. The number of hydrogen-bond acceptors (Lipinski definition) is 4. The van der Waals surface area contributed by atoms with E-state index in [4.69, 9.17) is 16.3 Å². The zero-order chi connectivity index (χ0) is 16.4. The average Bonchev–Trinajstić information content (AvgIpc) is 2.98. The Morgan fingerprint density at radius 1 is 1.35 bits per heavy atom. The van der Waals surface area contributed by atoms with E-state index in [1.54, 1.807) is 7.11 Å². The molecular formula is C17H17ClN2O2S. The number of aromatic nitrogens is 1. The molecule has 1 aromatic carbocycles. The Labute approximate surface area is 143 Å². The molecule has 23 heavy (non-hydrogen) atoms. The molecule has 3 aromatic rings. The number of methoxy groups -OCH3 is 1. The van der Waals surface area contributed by atoms with Crippen LogP contribution in [0.2, 0.25) is 5.15 Å². The molecule has 6 heteroatoms. The number of halogens is 1. The maximum absolute atomic E-state index is 12.3. The fourth-order valence-electron chi connectivity index (χ4n) is 2.46. The number of pyridine rings is 1. The number of ether oxygens (including phenoxy) is 1. The van der Waals surface area contributed by atoms with Crippen LogP contribution in [-0.2, 0) is 4.74 Å². The van der Waals surface area contributed by atoms with Crippen LogP contribution in [0.1, 0.15) is 21.7 Å². The number of hydrogen-bond donors (Lipinski definition) is 1. The molecule has 3 rings (SSSR count). The molecule has 0 atom stereocenters. The van der Waals surface area contributed by atoms with Crippen molar-refractivity contribution in [1.29, 1.82) is 0 Å². The van der Waals surface area contributed by atoms with Gasteiger partial charge in [0.1, 0.15) is 5.15 Å². The molecule has 0 bridgehead atoms. The third-order valence-corrected chi connectivity index (χ3v) is 5.06. The van der Waals surface area contributed by atoms with Crippen LogP contribution in [0.5, 0.6) is 0 Å². The summed E-state index contributed by atoms with van der Waals surface area (Å²) in [5.74, 6) is -0.0841. The third-order valence-electron chi connectivity index (χ3n) is 3.60. The number of fused-ring (bicyclic) bond motifs is 3. The first kappa shape index (κ1) is 16.2. The van der Waals surface area contributed by atoms with Crippen LogP contribution in [0.3, 0.4) is 0 Å². The summed E-state index contributed by atoms with van der Waals surface area (Å²) < 4.78 is 5.98. The van der Waals surface area contributed by atoms with E-state index < -0.39 is 0 Å². The second-order valence-corrected chi connectivity index (χ2v) is 6.79. The Kier molecular flexibility index (Phi) is 4.80. The van der Waals surface area contributed by atoms with Gasteiger partial charge in [-0.25, -0.2) is 4.98 Å². The van der Waals surface area contributed by atoms with Crippen molar-refractivity contribution < 1.29 is 9.53 Å². The summed E-state index contributed by atoms with van der Waals surface area (Å²) in [7, 11) is 1.65. The smallest absolute Gasteiger partial charge is 0.261 e. The van der Waals surface area contributed by atoms with Gasteiger partial charge in [-0.2, -0.15) is 0 Å². The van der Waals surface area contributed by atoms with Crippen LogP contribution >= 0.6 is 22.9 Å². The number of thiophene rings is 1. The zero-order valence-corrected chi connectivity index (χ0v) is 14.6. The quantitative estimate of drug-likeness (QED) is 0.556. The lowest BCUT2D eigenvalue weighted by molar-refractivity contribution is 0.0952. The van der Waals surface area contributed by atoms with Gasteiger partial charge >= 0.3 is 0 Å². The van der Waals surface area contributed by atoms with Crippen molar-refractivity contribution >= 4 is 49.8 Å². The van der Waals surface area contributed by atoms with Crippen molar-refractivity contribution in [1.82, 2.24) is 10.3 Å². The number of rotatable bonds is 5. The molecular weight excluding hydrogens is 332 g/mol. The molecule has 4 nitrogen and oxygen atoms in total. The summed E-state index contributed by atoms with van der Waals surface area (Å²) >= 11 is 7.74. The SMILES string of the molecule is COCCCNC(=O)c1cc2c(Cl)nc3ccc(C)cc3c2s1. The molecule has 2 aromatic heterocycles. The summed E-state index contributed by atoms with van der Waals surface area (Å²) in [5, 5.41) is 5.20. The third kappa shape index (κ3) is 3.32. The van der Waals surface area contributed by atoms with E-state index in [2.05, 4.69) is 16.4 Å². The van der Waals surface area contributed by atoms with Gasteiger partial charge in [0.15, 0.2) is 0 Å². The molecule has 1 amide bonds. The minimum atomic E-state index is -0.0841. The molecule has 0 aliphatic carbocycles. The highest BCUT2D eigenvalue weighted by molar-refractivity contribution is 7.21. The Hall–Kier alpha value is -1.69. The van der Waals surface area contributed by atoms with E-state index in [0.29, 0.717) is 23.2 Å². The van der Waals surface area contributed by atoms with E-state index in [9.17, 15) is 4.79 Å². The van der Waals surface area contributed by atoms with Gasteiger partial charge < -0.3 is 10.1 Å². The number of amides is 1. The van der Waals surface area contributed by atoms with Gasteiger partial charge in [0.25, 0.3) is 5.91 Å². The monoisotopic (exact) mass is 348 g/mol. The molecule has 0 radical (unpaired) electrons. The molecule has 0 aliphatic rings. The van der Waals surface area contributed by atoms with Crippen LogP contribution in [0.4, 0.5) is 0 Å². The predicted octanol–water partition coefficient (Wildman–Crippen LogP) is 4.18. The number of carbonyl (C=O) groups is 1. The van der Waals surface area contributed by atoms with Gasteiger partial charge in [0, 0.05) is 35.7 Å². The van der Waals surface area contributed by atoms with Crippen molar-refractivity contribution in [3.8, 4) is 0 Å². The molecule has 0 spiro atoms. The molecule has 0 fully saturated rings.